The Balaban J connectivity index is 1.97. The topological polar surface area (TPSA) is 150 Å². The second-order valence-electron chi connectivity index (χ2n) is 5.80. The lowest BCUT2D eigenvalue weighted by Crippen LogP contribution is -2.60. The summed E-state index contributed by atoms with van der Waals surface area (Å²) in [7, 11) is 0. The Hall–Kier alpha value is -2.43. The maximum absolute atomic E-state index is 10.8. The Morgan fingerprint density at radius 2 is 1.92 bits per heavy atom. The Bertz CT molecular complexity index is 810. The van der Waals surface area contributed by atoms with E-state index in [2.05, 4.69) is 0 Å². The highest BCUT2D eigenvalue weighted by Crippen LogP contribution is 2.34. The molecule has 2 heterocycles. The second-order valence-corrected chi connectivity index (χ2v) is 5.80. The molecule has 1 fully saturated rings. The first kappa shape index (κ1) is 18.4. The van der Waals surface area contributed by atoms with E-state index in [1.807, 2.05) is 0 Å². The number of aliphatic carboxylic acids is 1. The largest absolute Gasteiger partial charge is 0.478 e. The van der Waals surface area contributed by atoms with Crippen molar-refractivity contribution < 1.29 is 44.2 Å². The van der Waals surface area contributed by atoms with Crippen molar-refractivity contribution in [3.63, 3.8) is 0 Å². The number of fused-ring (bicyclic) bond motifs is 1. The van der Waals surface area contributed by atoms with Gasteiger partial charge in [-0.2, -0.15) is 0 Å². The fourth-order valence-electron chi connectivity index (χ4n) is 2.74. The first-order chi connectivity index (χ1) is 12.4. The number of carboxylic acid groups (broad SMARTS) is 1. The van der Waals surface area contributed by atoms with E-state index in [0.29, 0.717) is 16.5 Å². The summed E-state index contributed by atoms with van der Waals surface area (Å²) in [5.74, 6) is -0.992. The van der Waals surface area contributed by atoms with Crippen LogP contribution in [0.4, 0.5) is 0 Å². The number of benzene rings is 1. The van der Waals surface area contributed by atoms with Crippen molar-refractivity contribution in [3.8, 4) is 5.75 Å². The summed E-state index contributed by atoms with van der Waals surface area (Å²) in [5, 5.41) is 48.5. The predicted molar refractivity (Wildman–Crippen MR) is 87.3 cm³/mol. The summed E-state index contributed by atoms with van der Waals surface area (Å²) in [6.07, 6.45) is -3.59. The third-order valence-corrected chi connectivity index (χ3v) is 4.10. The SMILES string of the molecule is O=C(O)/C=C\c1ccc2occc2c1OC1OC(CO)C(O)C(O)C1O. The number of furan rings is 1. The van der Waals surface area contributed by atoms with Crippen LogP contribution >= 0.6 is 0 Å². The number of carbonyl (C=O) groups is 1. The van der Waals surface area contributed by atoms with Crippen LogP contribution in [0.25, 0.3) is 17.0 Å². The van der Waals surface area contributed by atoms with E-state index in [9.17, 15) is 25.2 Å². The van der Waals surface area contributed by atoms with Gasteiger partial charge in [0.1, 0.15) is 35.7 Å². The molecule has 2 aromatic rings. The molecule has 0 spiro atoms. The first-order valence-corrected chi connectivity index (χ1v) is 7.80. The number of ether oxygens (including phenoxy) is 2. The molecule has 5 N–H and O–H groups in total. The zero-order chi connectivity index (χ0) is 18.8. The van der Waals surface area contributed by atoms with Gasteiger partial charge in [-0.05, 0) is 24.3 Å². The van der Waals surface area contributed by atoms with Crippen LogP contribution in [-0.2, 0) is 9.53 Å². The molecule has 0 bridgehead atoms. The number of carboxylic acids is 1. The summed E-state index contributed by atoms with van der Waals surface area (Å²) < 4.78 is 16.3. The van der Waals surface area contributed by atoms with Crippen LogP contribution in [0.15, 0.2) is 35.0 Å². The van der Waals surface area contributed by atoms with E-state index in [1.54, 1.807) is 18.2 Å². The van der Waals surface area contributed by atoms with Gasteiger partial charge in [0.05, 0.1) is 18.3 Å². The predicted octanol–water partition coefficient (Wildman–Crippen LogP) is -0.291. The molecular weight excluding hydrogens is 348 g/mol. The maximum Gasteiger partial charge on any atom is 0.328 e. The van der Waals surface area contributed by atoms with Crippen LogP contribution in [0.1, 0.15) is 5.56 Å². The summed E-state index contributed by atoms with van der Waals surface area (Å²) in [4.78, 5) is 10.8. The van der Waals surface area contributed by atoms with E-state index >= 15 is 0 Å². The number of aliphatic hydroxyl groups is 4. The van der Waals surface area contributed by atoms with Gasteiger partial charge in [0.2, 0.25) is 6.29 Å². The van der Waals surface area contributed by atoms with Crippen LogP contribution in [0, 0.1) is 0 Å². The van der Waals surface area contributed by atoms with Crippen molar-refractivity contribution in [2.75, 3.05) is 6.61 Å². The van der Waals surface area contributed by atoms with Gasteiger partial charge in [-0.25, -0.2) is 4.79 Å². The molecule has 26 heavy (non-hydrogen) atoms. The van der Waals surface area contributed by atoms with Crippen molar-refractivity contribution in [2.45, 2.75) is 30.7 Å². The third kappa shape index (κ3) is 3.43. The van der Waals surface area contributed by atoms with Crippen molar-refractivity contribution in [1.82, 2.24) is 0 Å². The second kappa shape index (κ2) is 7.44. The Morgan fingerprint density at radius 3 is 2.62 bits per heavy atom. The minimum Gasteiger partial charge on any atom is -0.478 e. The molecule has 0 radical (unpaired) electrons. The molecule has 1 aliphatic rings. The summed E-state index contributed by atoms with van der Waals surface area (Å²) in [6, 6.07) is 4.77. The summed E-state index contributed by atoms with van der Waals surface area (Å²) >= 11 is 0. The molecule has 140 valence electrons. The highest BCUT2D eigenvalue weighted by atomic mass is 16.7. The van der Waals surface area contributed by atoms with E-state index in [4.69, 9.17) is 19.0 Å². The standard InChI is InChI=1S/C17H18O9/c18-7-11-13(21)14(22)15(23)17(25-11)26-16-8(2-4-12(19)20)1-3-10-9(16)5-6-24-10/h1-6,11,13-15,17-18,21-23H,7H2,(H,19,20)/b4-2-. The number of aliphatic hydroxyl groups excluding tert-OH is 4. The van der Waals surface area contributed by atoms with Gasteiger partial charge >= 0.3 is 5.97 Å². The van der Waals surface area contributed by atoms with Crippen LogP contribution in [-0.4, -0.2) is 68.8 Å². The van der Waals surface area contributed by atoms with Crippen LogP contribution < -0.4 is 4.74 Å². The van der Waals surface area contributed by atoms with Gasteiger partial charge in [-0.1, -0.05) is 0 Å². The first-order valence-electron chi connectivity index (χ1n) is 7.80. The van der Waals surface area contributed by atoms with Crippen molar-refractivity contribution >= 4 is 23.0 Å². The monoisotopic (exact) mass is 366 g/mol. The molecule has 5 atom stereocenters. The third-order valence-electron chi connectivity index (χ3n) is 4.10. The molecule has 1 saturated heterocycles. The average Bonchev–Trinajstić information content (AvgIpc) is 3.10. The molecule has 9 heteroatoms. The van der Waals surface area contributed by atoms with Gasteiger partial charge in [-0.15, -0.1) is 0 Å². The van der Waals surface area contributed by atoms with Crippen molar-refractivity contribution in [2.24, 2.45) is 0 Å². The summed E-state index contributed by atoms with van der Waals surface area (Å²) in [5.41, 5.74) is 0.829. The van der Waals surface area contributed by atoms with E-state index in [-0.39, 0.29) is 5.75 Å². The van der Waals surface area contributed by atoms with E-state index < -0.39 is 43.3 Å². The molecule has 1 aromatic carbocycles. The molecule has 0 saturated carbocycles. The lowest BCUT2D eigenvalue weighted by molar-refractivity contribution is -0.277. The van der Waals surface area contributed by atoms with E-state index in [0.717, 1.165) is 6.08 Å². The summed E-state index contributed by atoms with van der Waals surface area (Å²) in [6.45, 7) is -0.591. The molecule has 9 nitrogen and oxygen atoms in total. The zero-order valence-corrected chi connectivity index (χ0v) is 13.4. The van der Waals surface area contributed by atoms with Crippen molar-refractivity contribution in [3.05, 3.63) is 36.1 Å². The van der Waals surface area contributed by atoms with Gasteiger partial charge in [0.25, 0.3) is 0 Å². The Labute approximate surface area is 147 Å². The van der Waals surface area contributed by atoms with Gasteiger partial charge in [0.15, 0.2) is 0 Å². The Morgan fingerprint density at radius 1 is 1.15 bits per heavy atom. The maximum atomic E-state index is 10.8. The zero-order valence-electron chi connectivity index (χ0n) is 13.4. The molecule has 1 aromatic heterocycles. The minimum atomic E-state index is -1.59. The molecule has 5 unspecified atom stereocenters. The molecular formula is C17H18O9. The number of rotatable bonds is 5. The minimum absolute atomic E-state index is 0.165. The quantitative estimate of drug-likeness (QED) is 0.450. The highest BCUT2D eigenvalue weighted by Gasteiger charge is 2.45. The molecule has 1 aliphatic heterocycles. The number of hydrogen-bond donors (Lipinski definition) is 5. The van der Waals surface area contributed by atoms with Crippen LogP contribution in [0.2, 0.25) is 0 Å². The van der Waals surface area contributed by atoms with E-state index in [1.165, 1.54) is 12.3 Å². The lowest BCUT2D eigenvalue weighted by Gasteiger charge is -2.39. The number of hydrogen-bond acceptors (Lipinski definition) is 8. The lowest BCUT2D eigenvalue weighted by atomic mass is 9.99. The molecule has 0 amide bonds. The van der Waals surface area contributed by atoms with Crippen LogP contribution in [0.5, 0.6) is 5.75 Å². The fourth-order valence-corrected chi connectivity index (χ4v) is 2.74. The van der Waals surface area contributed by atoms with Crippen LogP contribution in [0.3, 0.4) is 0 Å². The average molecular weight is 366 g/mol. The Kier molecular flexibility index (Phi) is 5.25. The van der Waals surface area contributed by atoms with Crippen molar-refractivity contribution in [1.29, 1.82) is 0 Å². The normalized spacial score (nSPS) is 29.3. The van der Waals surface area contributed by atoms with Gasteiger partial charge in [-0.3, -0.25) is 0 Å². The van der Waals surface area contributed by atoms with Gasteiger partial charge < -0.3 is 39.4 Å². The smallest absolute Gasteiger partial charge is 0.328 e. The van der Waals surface area contributed by atoms with Gasteiger partial charge in [0, 0.05) is 11.6 Å². The molecule has 3 rings (SSSR count). The fraction of sp³-hybridized carbons (Fsp3) is 0.353. The highest BCUT2D eigenvalue weighted by molar-refractivity contribution is 5.91. The molecule has 0 aliphatic carbocycles.